The molecule has 0 aliphatic rings. The smallest absolute Gasteiger partial charge is 0.115 e. The predicted molar refractivity (Wildman–Crippen MR) is 77.1 cm³/mol. The molecule has 0 fully saturated rings. The van der Waals surface area contributed by atoms with Crippen LogP contribution in [0.5, 0.6) is 0 Å². The first-order chi connectivity index (χ1) is 9.11. The van der Waals surface area contributed by atoms with Gasteiger partial charge in [-0.05, 0) is 35.2 Å². The molecular weight excluding hydrogens is 260 g/mol. The van der Waals surface area contributed by atoms with E-state index in [1.165, 1.54) is 0 Å². The fourth-order valence-electron chi connectivity index (χ4n) is 2.34. The molecule has 100 valence electrons. The highest BCUT2D eigenvalue weighted by molar-refractivity contribution is 6.30. The summed E-state index contributed by atoms with van der Waals surface area (Å²) in [6.45, 7) is 1.83. The Morgan fingerprint density at radius 1 is 1.05 bits per heavy atom. The van der Waals surface area contributed by atoms with E-state index in [1.54, 1.807) is 12.1 Å². The quantitative estimate of drug-likeness (QED) is 0.898. The van der Waals surface area contributed by atoms with Crippen molar-refractivity contribution in [3.05, 3.63) is 70.2 Å². The van der Waals surface area contributed by atoms with Crippen molar-refractivity contribution < 1.29 is 10.2 Å². The van der Waals surface area contributed by atoms with Gasteiger partial charge in [0.2, 0.25) is 0 Å². The van der Waals surface area contributed by atoms with E-state index >= 15 is 0 Å². The molecule has 0 bridgehead atoms. The number of hydrogen-bond acceptors (Lipinski definition) is 2. The van der Waals surface area contributed by atoms with Gasteiger partial charge in [-0.2, -0.15) is 0 Å². The molecule has 2 rings (SSSR count). The summed E-state index contributed by atoms with van der Waals surface area (Å²) < 4.78 is 0. The molecular formula is C16H17ClO2. The third kappa shape index (κ3) is 2.66. The first kappa shape index (κ1) is 14.1. The van der Waals surface area contributed by atoms with Gasteiger partial charge in [-0.25, -0.2) is 0 Å². The maximum Gasteiger partial charge on any atom is 0.115 e. The van der Waals surface area contributed by atoms with Crippen LogP contribution in [0.4, 0.5) is 0 Å². The lowest BCUT2D eigenvalue weighted by Gasteiger charge is -2.30. The summed E-state index contributed by atoms with van der Waals surface area (Å²) in [4.78, 5) is 0. The molecule has 2 aromatic rings. The molecule has 0 amide bonds. The maximum absolute atomic E-state index is 11.0. The van der Waals surface area contributed by atoms with Gasteiger partial charge in [0.1, 0.15) is 5.60 Å². The molecule has 0 radical (unpaired) electrons. The molecule has 1 atom stereocenters. The van der Waals surface area contributed by atoms with Crippen molar-refractivity contribution in [1.82, 2.24) is 0 Å². The second-order valence-corrected chi connectivity index (χ2v) is 4.97. The van der Waals surface area contributed by atoms with E-state index in [-0.39, 0.29) is 6.61 Å². The van der Waals surface area contributed by atoms with Crippen molar-refractivity contribution in [3.63, 3.8) is 0 Å². The number of benzene rings is 2. The monoisotopic (exact) mass is 276 g/mol. The van der Waals surface area contributed by atoms with Crippen molar-refractivity contribution in [2.24, 2.45) is 0 Å². The molecule has 2 nitrogen and oxygen atoms in total. The van der Waals surface area contributed by atoms with Gasteiger partial charge in [0, 0.05) is 5.02 Å². The van der Waals surface area contributed by atoms with Crippen LogP contribution in [0.2, 0.25) is 5.02 Å². The van der Waals surface area contributed by atoms with Gasteiger partial charge in [-0.1, -0.05) is 54.9 Å². The Hall–Kier alpha value is -1.35. The summed E-state index contributed by atoms with van der Waals surface area (Å²) >= 11 is 5.89. The average molecular weight is 277 g/mol. The van der Waals surface area contributed by atoms with Crippen molar-refractivity contribution in [2.75, 3.05) is 0 Å². The van der Waals surface area contributed by atoms with Gasteiger partial charge < -0.3 is 10.2 Å². The second-order valence-electron chi connectivity index (χ2n) is 4.54. The highest BCUT2D eigenvalue weighted by atomic mass is 35.5. The van der Waals surface area contributed by atoms with Crippen LogP contribution < -0.4 is 0 Å². The molecule has 0 aromatic heterocycles. The maximum atomic E-state index is 11.0. The van der Waals surface area contributed by atoms with Gasteiger partial charge in [-0.15, -0.1) is 0 Å². The van der Waals surface area contributed by atoms with Gasteiger partial charge >= 0.3 is 0 Å². The molecule has 0 saturated heterocycles. The topological polar surface area (TPSA) is 40.5 Å². The minimum Gasteiger partial charge on any atom is -0.392 e. The minimum absolute atomic E-state index is 0.0912. The van der Waals surface area contributed by atoms with Gasteiger partial charge in [0.15, 0.2) is 0 Å². The molecule has 0 aliphatic carbocycles. The van der Waals surface area contributed by atoms with Crippen molar-refractivity contribution in [1.29, 1.82) is 0 Å². The Labute approximate surface area is 118 Å². The molecule has 0 spiro atoms. The van der Waals surface area contributed by atoms with E-state index in [0.717, 1.165) is 16.7 Å². The van der Waals surface area contributed by atoms with Crippen LogP contribution in [0.3, 0.4) is 0 Å². The Balaban J connectivity index is 2.56. The van der Waals surface area contributed by atoms with Crippen LogP contribution in [0, 0.1) is 0 Å². The average Bonchev–Trinajstić information content (AvgIpc) is 2.47. The van der Waals surface area contributed by atoms with Gasteiger partial charge in [0.05, 0.1) is 6.61 Å². The molecule has 0 aliphatic heterocycles. The Bertz CT molecular complexity index is 551. The zero-order chi connectivity index (χ0) is 13.9. The Kier molecular flexibility index (Phi) is 4.25. The lowest BCUT2D eigenvalue weighted by molar-refractivity contribution is 0.0740. The summed E-state index contributed by atoms with van der Waals surface area (Å²) in [7, 11) is 0. The SMILES string of the molecule is CCC(O)(c1ccc(Cl)cc1)c1ccccc1CO. The number of aliphatic hydroxyl groups is 2. The van der Waals surface area contributed by atoms with Crippen LogP contribution in [-0.2, 0) is 12.2 Å². The first-order valence-electron chi connectivity index (χ1n) is 6.29. The molecule has 1 unspecified atom stereocenters. The van der Waals surface area contributed by atoms with Gasteiger partial charge in [0.25, 0.3) is 0 Å². The Morgan fingerprint density at radius 2 is 1.68 bits per heavy atom. The van der Waals surface area contributed by atoms with Crippen LogP contribution in [0.1, 0.15) is 30.0 Å². The highest BCUT2D eigenvalue weighted by Crippen LogP contribution is 2.35. The zero-order valence-electron chi connectivity index (χ0n) is 10.8. The number of rotatable bonds is 4. The van der Waals surface area contributed by atoms with Crippen LogP contribution in [0.15, 0.2) is 48.5 Å². The largest absolute Gasteiger partial charge is 0.392 e. The van der Waals surface area contributed by atoms with E-state index in [4.69, 9.17) is 11.6 Å². The summed E-state index contributed by atoms with van der Waals surface area (Å²) in [5, 5.41) is 21.1. The second kappa shape index (κ2) is 5.74. The minimum atomic E-state index is -1.11. The van der Waals surface area contributed by atoms with E-state index in [9.17, 15) is 10.2 Å². The molecule has 3 heteroatoms. The van der Waals surface area contributed by atoms with E-state index in [0.29, 0.717) is 11.4 Å². The third-order valence-corrected chi connectivity index (χ3v) is 3.72. The van der Waals surface area contributed by atoms with Gasteiger partial charge in [-0.3, -0.25) is 0 Å². The number of halogens is 1. The lowest BCUT2D eigenvalue weighted by Crippen LogP contribution is -2.27. The van der Waals surface area contributed by atoms with Crippen LogP contribution in [-0.4, -0.2) is 10.2 Å². The molecule has 0 heterocycles. The third-order valence-electron chi connectivity index (χ3n) is 3.47. The van der Waals surface area contributed by atoms with E-state index < -0.39 is 5.60 Å². The fraction of sp³-hybridized carbons (Fsp3) is 0.250. The van der Waals surface area contributed by atoms with Crippen molar-refractivity contribution >= 4 is 11.6 Å². The predicted octanol–water partition coefficient (Wildman–Crippen LogP) is 3.48. The summed E-state index contributed by atoms with van der Waals surface area (Å²) in [6, 6.07) is 14.6. The molecule has 2 aromatic carbocycles. The summed E-state index contributed by atoms with van der Waals surface area (Å²) in [6.07, 6.45) is 0.519. The molecule has 0 saturated carbocycles. The first-order valence-corrected chi connectivity index (χ1v) is 6.67. The summed E-state index contributed by atoms with van der Waals surface area (Å²) in [5.41, 5.74) is 1.15. The van der Waals surface area contributed by atoms with E-state index in [2.05, 4.69) is 0 Å². The Morgan fingerprint density at radius 3 is 2.26 bits per heavy atom. The molecule has 19 heavy (non-hydrogen) atoms. The number of aliphatic hydroxyl groups excluding tert-OH is 1. The van der Waals surface area contributed by atoms with E-state index in [1.807, 2.05) is 43.3 Å². The molecule has 2 N–H and O–H groups in total. The van der Waals surface area contributed by atoms with Crippen molar-refractivity contribution in [3.8, 4) is 0 Å². The normalized spacial score (nSPS) is 14.1. The lowest BCUT2D eigenvalue weighted by atomic mass is 9.82. The fourth-order valence-corrected chi connectivity index (χ4v) is 2.46. The zero-order valence-corrected chi connectivity index (χ0v) is 11.6. The number of hydrogen-bond donors (Lipinski definition) is 2. The standard InChI is InChI=1S/C16H17ClO2/c1-2-16(19,13-7-9-14(17)10-8-13)15-6-4-3-5-12(15)11-18/h3-10,18-19H,2,11H2,1H3. The van der Waals surface area contributed by atoms with Crippen LogP contribution in [0.25, 0.3) is 0 Å². The summed E-state index contributed by atoms with van der Waals surface area (Å²) in [5.74, 6) is 0. The van der Waals surface area contributed by atoms with Crippen LogP contribution >= 0.6 is 11.6 Å². The highest BCUT2D eigenvalue weighted by Gasteiger charge is 2.31. The van der Waals surface area contributed by atoms with Crippen molar-refractivity contribution in [2.45, 2.75) is 25.6 Å².